The van der Waals surface area contributed by atoms with Crippen LogP contribution in [0.2, 0.25) is 0 Å². The van der Waals surface area contributed by atoms with Crippen LogP contribution in [-0.2, 0) is 6.42 Å². The van der Waals surface area contributed by atoms with E-state index in [0.717, 1.165) is 22.7 Å². The van der Waals surface area contributed by atoms with Gasteiger partial charge in [0.15, 0.2) is 3.92 Å². The maximum absolute atomic E-state index is 4.18. The SMILES string of the molecule is CN(C)CCc1nsc(Br)n1. The summed E-state index contributed by atoms with van der Waals surface area (Å²) in [4.78, 5) is 6.30. The predicted molar refractivity (Wildman–Crippen MR) is 49.9 cm³/mol. The van der Waals surface area contributed by atoms with Crippen molar-refractivity contribution in [3.05, 3.63) is 9.74 Å². The third-order valence-electron chi connectivity index (χ3n) is 1.23. The third-order valence-corrected chi connectivity index (χ3v) is 2.38. The Kier molecular flexibility index (Phi) is 3.42. The van der Waals surface area contributed by atoms with Crippen molar-refractivity contribution in [2.75, 3.05) is 20.6 Å². The van der Waals surface area contributed by atoms with Gasteiger partial charge in [0.2, 0.25) is 0 Å². The van der Waals surface area contributed by atoms with Crippen LogP contribution in [0.3, 0.4) is 0 Å². The number of hydrogen-bond acceptors (Lipinski definition) is 4. The van der Waals surface area contributed by atoms with Crippen molar-refractivity contribution in [2.24, 2.45) is 0 Å². The number of hydrogen-bond donors (Lipinski definition) is 0. The molecular weight excluding hydrogens is 226 g/mol. The minimum atomic E-state index is 0.867. The smallest absolute Gasteiger partial charge is 0.179 e. The van der Waals surface area contributed by atoms with Gasteiger partial charge in [0.1, 0.15) is 5.82 Å². The molecule has 0 bridgehead atoms. The van der Waals surface area contributed by atoms with E-state index in [9.17, 15) is 0 Å². The predicted octanol–water partition coefficient (Wildman–Crippen LogP) is 1.40. The molecule has 0 aliphatic heterocycles. The van der Waals surface area contributed by atoms with Gasteiger partial charge in [0.25, 0.3) is 0 Å². The van der Waals surface area contributed by atoms with Crippen molar-refractivity contribution in [1.29, 1.82) is 0 Å². The Labute approximate surface area is 78.7 Å². The first-order valence-electron chi connectivity index (χ1n) is 3.31. The summed E-state index contributed by atoms with van der Waals surface area (Å²) in [5, 5.41) is 0. The molecule has 3 nitrogen and oxygen atoms in total. The molecule has 0 atom stereocenters. The molecule has 0 aliphatic rings. The van der Waals surface area contributed by atoms with E-state index in [1.165, 1.54) is 11.5 Å². The molecule has 1 aromatic rings. The lowest BCUT2D eigenvalue weighted by molar-refractivity contribution is 0.410. The van der Waals surface area contributed by atoms with Gasteiger partial charge >= 0.3 is 0 Å². The molecule has 0 unspecified atom stereocenters. The zero-order valence-corrected chi connectivity index (χ0v) is 8.94. The number of nitrogens with zero attached hydrogens (tertiary/aromatic N) is 3. The van der Waals surface area contributed by atoms with Crippen molar-refractivity contribution < 1.29 is 0 Å². The van der Waals surface area contributed by atoms with Crippen molar-refractivity contribution in [3.63, 3.8) is 0 Å². The summed E-state index contributed by atoms with van der Waals surface area (Å²) in [6, 6.07) is 0. The Morgan fingerprint density at radius 2 is 2.27 bits per heavy atom. The summed E-state index contributed by atoms with van der Waals surface area (Å²) >= 11 is 4.66. The van der Waals surface area contributed by atoms with Gasteiger partial charge in [-0.1, -0.05) is 0 Å². The van der Waals surface area contributed by atoms with E-state index in [0.29, 0.717) is 0 Å². The van der Waals surface area contributed by atoms with Crippen molar-refractivity contribution in [1.82, 2.24) is 14.3 Å². The molecular formula is C6H10BrN3S. The van der Waals surface area contributed by atoms with E-state index < -0.39 is 0 Å². The van der Waals surface area contributed by atoms with Crippen LogP contribution in [-0.4, -0.2) is 34.9 Å². The molecule has 0 saturated heterocycles. The van der Waals surface area contributed by atoms with Crippen LogP contribution < -0.4 is 0 Å². The number of halogens is 1. The van der Waals surface area contributed by atoms with Crippen molar-refractivity contribution in [3.8, 4) is 0 Å². The fourth-order valence-corrected chi connectivity index (χ4v) is 1.54. The van der Waals surface area contributed by atoms with Gasteiger partial charge in [-0.15, -0.1) is 0 Å². The Bertz CT molecular complexity index is 223. The number of aromatic nitrogens is 2. The van der Waals surface area contributed by atoms with Crippen LogP contribution in [0.25, 0.3) is 0 Å². The van der Waals surface area contributed by atoms with E-state index in [2.05, 4.69) is 30.2 Å². The van der Waals surface area contributed by atoms with Gasteiger partial charge in [-0.2, -0.15) is 4.37 Å². The molecule has 0 aliphatic carbocycles. The van der Waals surface area contributed by atoms with Crippen molar-refractivity contribution in [2.45, 2.75) is 6.42 Å². The lowest BCUT2D eigenvalue weighted by Gasteiger charge is -2.05. The van der Waals surface area contributed by atoms with Gasteiger partial charge in [-0.05, 0) is 41.6 Å². The highest BCUT2D eigenvalue weighted by Gasteiger charge is 2.00. The minimum Gasteiger partial charge on any atom is -0.309 e. The average molecular weight is 236 g/mol. The van der Waals surface area contributed by atoms with E-state index in [1.807, 2.05) is 14.1 Å². The normalized spacial score (nSPS) is 10.9. The zero-order chi connectivity index (χ0) is 8.27. The number of rotatable bonds is 3. The second-order valence-corrected chi connectivity index (χ2v) is 4.54. The molecule has 0 fully saturated rings. The molecule has 0 saturated carbocycles. The third kappa shape index (κ3) is 3.27. The molecule has 0 aromatic carbocycles. The van der Waals surface area contributed by atoms with Gasteiger partial charge in [-0.25, -0.2) is 4.98 Å². The molecule has 0 amide bonds. The van der Waals surface area contributed by atoms with Crippen LogP contribution in [0.1, 0.15) is 5.82 Å². The molecule has 62 valence electrons. The molecule has 1 aromatic heterocycles. The zero-order valence-electron chi connectivity index (χ0n) is 6.54. The summed E-state index contributed by atoms with van der Waals surface area (Å²) in [5.74, 6) is 0.926. The lowest BCUT2D eigenvalue weighted by Crippen LogP contribution is -2.15. The summed E-state index contributed by atoms with van der Waals surface area (Å²) in [5.41, 5.74) is 0. The van der Waals surface area contributed by atoms with Crippen LogP contribution >= 0.6 is 27.5 Å². The molecule has 0 radical (unpaired) electrons. The average Bonchev–Trinajstić information content (AvgIpc) is 2.31. The largest absolute Gasteiger partial charge is 0.309 e. The van der Waals surface area contributed by atoms with E-state index in [-0.39, 0.29) is 0 Å². The molecule has 1 heterocycles. The Morgan fingerprint density at radius 1 is 1.55 bits per heavy atom. The topological polar surface area (TPSA) is 29.0 Å². The summed E-state index contributed by atoms with van der Waals surface area (Å²) in [6.07, 6.45) is 0.926. The van der Waals surface area contributed by atoms with E-state index in [1.54, 1.807) is 0 Å². The first-order chi connectivity index (χ1) is 5.18. The maximum atomic E-state index is 4.18. The minimum absolute atomic E-state index is 0.867. The first-order valence-corrected chi connectivity index (χ1v) is 4.88. The quantitative estimate of drug-likeness (QED) is 0.794. The second-order valence-electron chi connectivity index (χ2n) is 2.52. The second kappa shape index (κ2) is 4.13. The summed E-state index contributed by atoms with van der Waals surface area (Å²) in [7, 11) is 4.09. The number of likely N-dealkylation sites (N-methyl/N-ethyl adjacent to an activating group) is 1. The van der Waals surface area contributed by atoms with Gasteiger partial charge < -0.3 is 4.90 Å². The molecule has 5 heteroatoms. The van der Waals surface area contributed by atoms with Crippen LogP contribution in [0, 0.1) is 0 Å². The standard InChI is InChI=1S/C6H10BrN3S/c1-10(2)4-3-5-8-6(7)11-9-5/h3-4H2,1-2H3. The molecule has 0 N–H and O–H groups in total. The van der Waals surface area contributed by atoms with Crippen LogP contribution in [0.15, 0.2) is 3.92 Å². The Balaban J connectivity index is 2.39. The summed E-state index contributed by atoms with van der Waals surface area (Å²) < 4.78 is 5.01. The van der Waals surface area contributed by atoms with Gasteiger partial charge in [0.05, 0.1) is 0 Å². The lowest BCUT2D eigenvalue weighted by atomic mass is 10.4. The van der Waals surface area contributed by atoms with E-state index in [4.69, 9.17) is 0 Å². The molecule has 0 spiro atoms. The van der Waals surface area contributed by atoms with Gasteiger partial charge in [-0.3, -0.25) is 0 Å². The highest BCUT2D eigenvalue weighted by Crippen LogP contribution is 2.11. The fraction of sp³-hybridized carbons (Fsp3) is 0.667. The fourth-order valence-electron chi connectivity index (χ4n) is 0.658. The monoisotopic (exact) mass is 235 g/mol. The first kappa shape index (κ1) is 9.09. The van der Waals surface area contributed by atoms with Crippen LogP contribution in [0.4, 0.5) is 0 Å². The van der Waals surface area contributed by atoms with Crippen LogP contribution in [0.5, 0.6) is 0 Å². The maximum Gasteiger partial charge on any atom is 0.179 e. The van der Waals surface area contributed by atoms with Crippen molar-refractivity contribution >= 4 is 27.5 Å². The highest BCUT2D eigenvalue weighted by atomic mass is 79.9. The summed E-state index contributed by atoms with van der Waals surface area (Å²) in [6.45, 7) is 1.00. The molecule has 11 heavy (non-hydrogen) atoms. The van der Waals surface area contributed by atoms with Gasteiger partial charge in [0, 0.05) is 13.0 Å². The highest BCUT2D eigenvalue weighted by molar-refractivity contribution is 9.11. The Hall–Kier alpha value is -0.0000000000000000555. The van der Waals surface area contributed by atoms with E-state index >= 15 is 0 Å². The Morgan fingerprint density at radius 3 is 2.73 bits per heavy atom. The molecule has 1 rings (SSSR count).